The highest BCUT2D eigenvalue weighted by molar-refractivity contribution is 6.35. The average molecular weight is 487 g/mol. The van der Waals surface area contributed by atoms with E-state index in [-0.39, 0.29) is 6.03 Å². The first-order valence-electron chi connectivity index (χ1n) is 9.67. The Kier molecular flexibility index (Phi) is 6.65. The molecule has 4 rings (SSSR count). The molecule has 4 aromatic rings. The fraction of sp³-hybridized carbons (Fsp3) is 0.0870. The SMILES string of the molecule is Cc1c(NC(=O)NCc2cccnc2)nn(-c2ccc(Cl)cc2Cl)c1-c1ccc(Cl)cc1. The summed E-state index contributed by atoms with van der Waals surface area (Å²) >= 11 is 18.6. The molecule has 6 nitrogen and oxygen atoms in total. The maximum Gasteiger partial charge on any atom is 0.320 e. The van der Waals surface area contributed by atoms with Gasteiger partial charge in [-0.25, -0.2) is 9.48 Å². The van der Waals surface area contributed by atoms with Crippen LogP contribution < -0.4 is 10.6 Å². The van der Waals surface area contributed by atoms with E-state index in [2.05, 4.69) is 20.7 Å². The van der Waals surface area contributed by atoms with E-state index in [0.29, 0.717) is 33.1 Å². The second kappa shape index (κ2) is 9.61. The first kappa shape index (κ1) is 22.1. The summed E-state index contributed by atoms with van der Waals surface area (Å²) in [5.41, 5.74) is 3.94. The Morgan fingerprint density at radius 1 is 1.03 bits per heavy atom. The number of nitrogens with one attached hydrogen (secondary N) is 2. The molecule has 0 saturated carbocycles. The van der Waals surface area contributed by atoms with Crippen molar-refractivity contribution in [3.05, 3.63) is 93.2 Å². The predicted octanol–water partition coefficient (Wildman–Crippen LogP) is 6.52. The van der Waals surface area contributed by atoms with Crippen LogP contribution in [0.1, 0.15) is 11.1 Å². The molecule has 0 aliphatic carbocycles. The molecule has 162 valence electrons. The van der Waals surface area contributed by atoms with Crippen LogP contribution in [-0.4, -0.2) is 20.8 Å². The monoisotopic (exact) mass is 485 g/mol. The molecule has 2 heterocycles. The van der Waals surface area contributed by atoms with Crippen molar-refractivity contribution >= 4 is 46.7 Å². The van der Waals surface area contributed by atoms with Crippen LogP contribution in [0.5, 0.6) is 0 Å². The number of carbonyl (C=O) groups excluding carboxylic acids is 1. The van der Waals surface area contributed by atoms with Gasteiger partial charge in [0.1, 0.15) is 0 Å². The number of hydrogen-bond donors (Lipinski definition) is 2. The van der Waals surface area contributed by atoms with Crippen molar-refractivity contribution in [3.8, 4) is 16.9 Å². The summed E-state index contributed by atoms with van der Waals surface area (Å²) < 4.78 is 1.69. The molecule has 0 bridgehead atoms. The molecule has 0 unspecified atom stereocenters. The summed E-state index contributed by atoms with van der Waals surface area (Å²) in [7, 11) is 0. The smallest absolute Gasteiger partial charge is 0.320 e. The lowest BCUT2D eigenvalue weighted by Gasteiger charge is -2.10. The number of nitrogens with zero attached hydrogens (tertiary/aromatic N) is 3. The number of pyridine rings is 1. The summed E-state index contributed by atoms with van der Waals surface area (Å²) in [6, 6.07) is 15.8. The largest absolute Gasteiger partial charge is 0.334 e. The summed E-state index contributed by atoms with van der Waals surface area (Å²) in [6.07, 6.45) is 3.38. The molecule has 0 aliphatic rings. The number of anilines is 1. The Morgan fingerprint density at radius 3 is 2.47 bits per heavy atom. The Balaban J connectivity index is 1.69. The van der Waals surface area contributed by atoms with Crippen LogP contribution in [0.4, 0.5) is 10.6 Å². The zero-order chi connectivity index (χ0) is 22.7. The molecule has 32 heavy (non-hydrogen) atoms. The van der Waals surface area contributed by atoms with Gasteiger partial charge in [0.25, 0.3) is 0 Å². The van der Waals surface area contributed by atoms with Crippen molar-refractivity contribution in [1.29, 1.82) is 0 Å². The Labute approximate surface area is 200 Å². The molecule has 2 amide bonds. The van der Waals surface area contributed by atoms with Gasteiger partial charge in [-0.15, -0.1) is 5.10 Å². The fourth-order valence-electron chi connectivity index (χ4n) is 3.23. The van der Waals surface area contributed by atoms with Crippen LogP contribution in [0.3, 0.4) is 0 Å². The molecule has 2 aromatic heterocycles. The number of carbonyl (C=O) groups is 1. The molecular formula is C23H18Cl3N5O. The first-order valence-corrected chi connectivity index (χ1v) is 10.8. The van der Waals surface area contributed by atoms with Crippen molar-refractivity contribution in [3.63, 3.8) is 0 Å². The van der Waals surface area contributed by atoms with E-state index in [1.807, 2.05) is 31.2 Å². The third kappa shape index (κ3) is 4.88. The molecule has 2 N–H and O–H groups in total. The quantitative estimate of drug-likeness (QED) is 0.337. The highest BCUT2D eigenvalue weighted by Crippen LogP contribution is 2.34. The van der Waals surface area contributed by atoms with Crippen molar-refractivity contribution in [1.82, 2.24) is 20.1 Å². The topological polar surface area (TPSA) is 71.8 Å². The summed E-state index contributed by atoms with van der Waals surface area (Å²) in [5, 5.41) is 11.8. The van der Waals surface area contributed by atoms with E-state index in [1.54, 1.807) is 47.4 Å². The maximum atomic E-state index is 12.5. The second-order valence-electron chi connectivity index (χ2n) is 7.01. The molecule has 0 aliphatic heterocycles. The minimum atomic E-state index is -0.383. The Morgan fingerprint density at radius 2 is 1.78 bits per heavy atom. The molecule has 0 atom stereocenters. The summed E-state index contributed by atoms with van der Waals surface area (Å²) in [5.74, 6) is 0.407. The Bertz CT molecular complexity index is 1260. The lowest BCUT2D eigenvalue weighted by Crippen LogP contribution is -2.28. The van der Waals surface area contributed by atoms with Crippen LogP contribution in [0.2, 0.25) is 15.1 Å². The van der Waals surface area contributed by atoms with Crippen LogP contribution in [0.25, 0.3) is 16.9 Å². The first-order chi connectivity index (χ1) is 15.4. The van der Waals surface area contributed by atoms with Crippen LogP contribution in [0, 0.1) is 6.92 Å². The lowest BCUT2D eigenvalue weighted by atomic mass is 10.1. The van der Waals surface area contributed by atoms with Gasteiger partial charge in [-0.1, -0.05) is 53.0 Å². The van der Waals surface area contributed by atoms with Gasteiger partial charge < -0.3 is 5.32 Å². The van der Waals surface area contributed by atoms with Crippen molar-refractivity contribution < 1.29 is 4.79 Å². The van der Waals surface area contributed by atoms with E-state index in [9.17, 15) is 4.79 Å². The fourth-order valence-corrected chi connectivity index (χ4v) is 3.84. The minimum Gasteiger partial charge on any atom is -0.334 e. The number of amides is 2. The highest BCUT2D eigenvalue weighted by atomic mass is 35.5. The standard InChI is InChI=1S/C23H18Cl3N5O/c1-14-21(16-4-6-17(24)7-5-16)31(20-9-8-18(25)11-19(20)26)30-22(14)29-23(32)28-13-15-3-2-10-27-12-15/h2-12H,13H2,1H3,(H2,28,29,30,32). The van der Waals surface area contributed by atoms with E-state index >= 15 is 0 Å². The molecule has 0 spiro atoms. The molecule has 9 heteroatoms. The van der Waals surface area contributed by atoms with Gasteiger partial charge in [0, 0.05) is 40.1 Å². The number of aromatic nitrogens is 3. The van der Waals surface area contributed by atoms with E-state index in [1.165, 1.54) is 0 Å². The van der Waals surface area contributed by atoms with Crippen LogP contribution in [0.15, 0.2) is 67.0 Å². The Hall–Kier alpha value is -3.06. The highest BCUT2D eigenvalue weighted by Gasteiger charge is 2.20. The zero-order valence-electron chi connectivity index (χ0n) is 16.9. The predicted molar refractivity (Wildman–Crippen MR) is 129 cm³/mol. The van der Waals surface area contributed by atoms with E-state index in [0.717, 1.165) is 22.4 Å². The van der Waals surface area contributed by atoms with Crippen molar-refractivity contribution in [2.45, 2.75) is 13.5 Å². The average Bonchev–Trinajstić information content (AvgIpc) is 3.09. The molecule has 0 fully saturated rings. The number of urea groups is 1. The minimum absolute atomic E-state index is 0.340. The third-order valence-electron chi connectivity index (χ3n) is 4.79. The maximum absolute atomic E-state index is 12.5. The van der Waals surface area contributed by atoms with E-state index in [4.69, 9.17) is 34.8 Å². The molecule has 0 saturated heterocycles. The third-order valence-corrected chi connectivity index (χ3v) is 5.58. The molecule has 2 aromatic carbocycles. The van der Waals surface area contributed by atoms with Crippen LogP contribution in [-0.2, 0) is 6.54 Å². The number of rotatable bonds is 5. The van der Waals surface area contributed by atoms with Gasteiger partial charge in [0.05, 0.1) is 16.4 Å². The van der Waals surface area contributed by atoms with E-state index < -0.39 is 0 Å². The lowest BCUT2D eigenvalue weighted by molar-refractivity contribution is 0.251. The van der Waals surface area contributed by atoms with Gasteiger partial charge >= 0.3 is 6.03 Å². The van der Waals surface area contributed by atoms with Crippen molar-refractivity contribution in [2.24, 2.45) is 0 Å². The summed E-state index contributed by atoms with van der Waals surface area (Å²) in [4.78, 5) is 16.6. The van der Waals surface area contributed by atoms with Crippen molar-refractivity contribution in [2.75, 3.05) is 5.32 Å². The normalized spacial score (nSPS) is 10.8. The molecular weight excluding hydrogens is 469 g/mol. The second-order valence-corrected chi connectivity index (χ2v) is 8.29. The number of halogens is 3. The van der Waals surface area contributed by atoms with Crippen LogP contribution >= 0.6 is 34.8 Å². The number of benzene rings is 2. The number of hydrogen-bond acceptors (Lipinski definition) is 3. The summed E-state index contributed by atoms with van der Waals surface area (Å²) in [6.45, 7) is 2.22. The van der Waals surface area contributed by atoms with Gasteiger partial charge in [-0.05, 0) is 48.9 Å². The van der Waals surface area contributed by atoms with Gasteiger partial charge in [-0.2, -0.15) is 0 Å². The van der Waals surface area contributed by atoms with Gasteiger partial charge in [-0.3, -0.25) is 10.3 Å². The zero-order valence-corrected chi connectivity index (χ0v) is 19.2. The van der Waals surface area contributed by atoms with Gasteiger partial charge in [0.15, 0.2) is 5.82 Å². The molecule has 0 radical (unpaired) electrons. The van der Waals surface area contributed by atoms with Gasteiger partial charge in [0.2, 0.25) is 0 Å².